The normalized spacial score (nSPS) is 22.3. The molecule has 0 radical (unpaired) electrons. The van der Waals surface area contributed by atoms with Crippen LogP contribution in [-0.2, 0) is 20.2 Å². The molecule has 1 aromatic carbocycles. The minimum Gasteiger partial charge on any atom is -0.444 e. The van der Waals surface area contributed by atoms with Crippen LogP contribution in [0, 0.1) is 0 Å². The summed E-state index contributed by atoms with van der Waals surface area (Å²) < 4.78 is 31.8. The van der Waals surface area contributed by atoms with Crippen molar-refractivity contribution in [3.63, 3.8) is 0 Å². The Labute approximate surface area is 156 Å². The average Bonchev–Trinajstić information content (AvgIpc) is 2.79. The van der Waals surface area contributed by atoms with Gasteiger partial charge in [-0.05, 0) is 51.2 Å². The van der Waals surface area contributed by atoms with Gasteiger partial charge in [0.15, 0.2) is 0 Å². The molecule has 144 valence electrons. The van der Waals surface area contributed by atoms with Gasteiger partial charge in [-0.25, -0.2) is 17.9 Å². The number of nitrogens with zero attached hydrogens (tertiary/aromatic N) is 1. The fourth-order valence-electron chi connectivity index (χ4n) is 4.18. The molecule has 3 rings (SSSR count). The van der Waals surface area contributed by atoms with Crippen LogP contribution in [0.4, 0.5) is 4.79 Å². The van der Waals surface area contributed by atoms with Crippen LogP contribution in [0.5, 0.6) is 0 Å². The van der Waals surface area contributed by atoms with Crippen molar-refractivity contribution in [3.05, 3.63) is 35.4 Å². The lowest BCUT2D eigenvalue weighted by atomic mass is 9.74. The Hall–Kier alpha value is -1.60. The lowest BCUT2D eigenvalue weighted by Gasteiger charge is -2.40. The SMILES string of the molecule is CC(C)(C)OC(=O)N1CCC2(CC1)CC(NS(C)(=O)=O)c1ccccc12. The minimum absolute atomic E-state index is 0.0859. The van der Waals surface area contributed by atoms with Crippen molar-refractivity contribution in [3.8, 4) is 0 Å². The molecule has 2 aliphatic rings. The molecule has 1 aliphatic carbocycles. The highest BCUT2D eigenvalue weighted by Gasteiger charge is 2.46. The molecule has 1 atom stereocenters. The number of piperidine rings is 1. The van der Waals surface area contributed by atoms with Gasteiger partial charge >= 0.3 is 6.09 Å². The van der Waals surface area contributed by atoms with Gasteiger partial charge in [0.05, 0.1) is 6.26 Å². The third-order valence-electron chi connectivity index (χ3n) is 5.23. The summed E-state index contributed by atoms with van der Waals surface area (Å²) in [5.41, 5.74) is 1.68. The summed E-state index contributed by atoms with van der Waals surface area (Å²) in [4.78, 5) is 14.1. The first-order valence-corrected chi connectivity index (χ1v) is 10.9. The van der Waals surface area contributed by atoms with Crippen LogP contribution in [0.2, 0.25) is 0 Å². The molecule has 1 amide bonds. The second-order valence-electron chi connectivity index (χ2n) is 8.48. The van der Waals surface area contributed by atoms with E-state index in [0.29, 0.717) is 13.1 Å². The minimum atomic E-state index is -3.28. The van der Waals surface area contributed by atoms with Gasteiger partial charge in [0, 0.05) is 24.5 Å². The van der Waals surface area contributed by atoms with Crippen LogP contribution in [0.3, 0.4) is 0 Å². The van der Waals surface area contributed by atoms with Crippen molar-refractivity contribution in [1.82, 2.24) is 9.62 Å². The van der Waals surface area contributed by atoms with Gasteiger partial charge in [-0.2, -0.15) is 0 Å². The summed E-state index contributed by atoms with van der Waals surface area (Å²) in [7, 11) is -3.28. The Morgan fingerprint density at radius 1 is 1.23 bits per heavy atom. The molecule has 1 unspecified atom stereocenters. The molecule has 26 heavy (non-hydrogen) atoms. The summed E-state index contributed by atoms with van der Waals surface area (Å²) in [5, 5.41) is 0. The van der Waals surface area contributed by atoms with Crippen molar-refractivity contribution in [2.45, 2.75) is 57.1 Å². The quantitative estimate of drug-likeness (QED) is 0.856. The summed E-state index contributed by atoms with van der Waals surface area (Å²) in [5.74, 6) is 0. The van der Waals surface area contributed by atoms with Crippen molar-refractivity contribution < 1.29 is 17.9 Å². The molecular formula is C19H28N2O4S. The van der Waals surface area contributed by atoms with E-state index in [1.807, 2.05) is 39.0 Å². The maximum atomic E-state index is 12.3. The standard InChI is InChI=1S/C19H28N2O4S/c1-18(2,3)25-17(22)21-11-9-19(10-12-21)13-16(20-26(4,23)24)14-7-5-6-8-15(14)19/h5-8,16,20H,9-13H2,1-4H3. The first-order valence-electron chi connectivity index (χ1n) is 9.04. The Bertz CT molecular complexity index is 790. The molecule has 6 nitrogen and oxygen atoms in total. The molecule has 1 aromatic rings. The number of carbonyl (C=O) groups is 1. The molecule has 1 saturated heterocycles. The number of hydrogen-bond donors (Lipinski definition) is 1. The summed E-state index contributed by atoms with van der Waals surface area (Å²) in [6.07, 6.45) is 3.29. The van der Waals surface area contributed by atoms with Crippen LogP contribution in [0.1, 0.15) is 57.2 Å². The largest absolute Gasteiger partial charge is 0.444 e. The molecule has 1 heterocycles. The van der Waals surface area contributed by atoms with Crippen LogP contribution in [0.25, 0.3) is 0 Å². The molecule has 1 aliphatic heterocycles. The maximum absolute atomic E-state index is 12.3. The molecule has 7 heteroatoms. The second-order valence-corrected chi connectivity index (χ2v) is 10.3. The Morgan fingerprint density at radius 3 is 2.42 bits per heavy atom. The predicted octanol–water partition coefficient (Wildman–Crippen LogP) is 2.95. The lowest BCUT2D eigenvalue weighted by Crippen LogP contribution is -2.46. The molecular weight excluding hydrogens is 352 g/mol. The topological polar surface area (TPSA) is 75.7 Å². The summed E-state index contributed by atoms with van der Waals surface area (Å²) in [6, 6.07) is 7.86. The van der Waals surface area contributed by atoms with Gasteiger partial charge in [0.1, 0.15) is 5.60 Å². The van der Waals surface area contributed by atoms with E-state index in [1.54, 1.807) is 4.90 Å². The Kier molecular flexibility index (Phi) is 4.82. The Morgan fingerprint density at radius 2 is 1.85 bits per heavy atom. The molecule has 1 N–H and O–H groups in total. The summed E-state index contributed by atoms with van der Waals surface area (Å²) >= 11 is 0. The zero-order valence-electron chi connectivity index (χ0n) is 15.9. The first-order chi connectivity index (χ1) is 12.0. The summed E-state index contributed by atoms with van der Waals surface area (Å²) in [6.45, 7) is 6.84. The van der Waals surface area contributed by atoms with Crippen molar-refractivity contribution in [2.75, 3.05) is 19.3 Å². The average molecular weight is 381 g/mol. The van der Waals surface area contributed by atoms with Gasteiger partial charge in [0.25, 0.3) is 0 Å². The first kappa shape index (κ1) is 19.2. The van der Waals surface area contributed by atoms with Gasteiger partial charge in [-0.3, -0.25) is 0 Å². The van der Waals surface area contributed by atoms with Gasteiger partial charge in [-0.1, -0.05) is 24.3 Å². The van der Waals surface area contributed by atoms with E-state index in [4.69, 9.17) is 4.74 Å². The molecule has 0 aromatic heterocycles. The van der Waals surface area contributed by atoms with Crippen LogP contribution >= 0.6 is 0 Å². The molecule has 1 fully saturated rings. The number of likely N-dealkylation sites (tertiary alicyclic amines) is 1. The highest BCUT2D eigenvalue weighted by molar-refractivity contribution is 7.88. The highest BCUT2D eigenvalue weighted by Crippen LogP contribution is 2.50. The van der Waals surface area contributed by atoms with E-state index >= 15 is 0 Å². The lowest BCUT2D eigenvalue weighted by molar-refractivity contribution is 0.0161. The van der Waals surface area contributed by atoms with E-state index in [9.17, 15) is 13.2 Å². The van der Waals surface area contributed by atoms with Crippen LogP contribution in [-0.4, -0.2) is 44.4 Å². The molecule has 0 saturated carbocycles. The monoisotopic (exact) mass is 380 g/mol. The van der Waals surface area contributed by atoms with Gasteiger partial charge in [-0.15, -0.1) is 0 Å². The van der Waals surface area contributed by atoms with E-state index < -0.39 is 15.6 Å². The number of hydrogen-bond acceptors (Lipinski definition) is 4. The van der Waals surface area contributed by atoms with Crippen molar-refractivity contribution in [1.29, 1.82) is 0 Å². The number of ether oxygens (including phenoxy) is 1. The predicted molar refractivity (Wildman–Crippen MR) is 100 cm³/mol. The molecule has 0 bridgehead atoms. The Balaban J connectivity index is 1.77. The molecule has 1 spiro atoms. The number of sulfonamides is 1. The number of amides is 1. The number of rotatable bonds is 2. The zero-order valence-corrected chi connectivity index (χ0v) is 16.7. The number of nitrogens with one attached hydrogen (secondary N) is 1. The fraction of sp³-hybridized carbons (Fsp3) is 0.632. The van der Waals surface area contributed by atoms with E-state index in [-0.39, 0.29) is 17.6 Å². The van der Waals surface area contributed by atoms with E-state index in [1.165, 1.54) is 11.8 Å². The zero-order chi connectivity index (χ0) is 19.2. The van der Waals surface area contributed by atoms with Gasteiger partial charge in [0.2, 0.25) is 10.0 Å². The highest BCUT2D eigenvalue weighted by atomic mass is 32.2. The van der Waals surface area contributed by atoms with Crippen molar-refractivity contribution >= 4 is 16.1 Å². The van der Waals surface area contributed by atoms with Crippen LogP contribution in [0.15, 0.2) is 24.3 Å². The number of carbonyl (C=O) groups excluding carboxylic acids is 1. The number of benzene rings is 1. The second kappa shape index (κ2) is 6.53. The van der Waals surface area contributed by atoms with Crippen LogP contribution < -0.4 is 4.72 Å². The third kappa shape index (κ3) is 4.04. The van der Waals surface area contributed by atoms with Crippen molar-refractivity contribution in [2.24, 2.45) is 0 Å². The fourth-order valence-corrected chi connectivity index (χ4v) is 4.90. The van der Waals surface area contributed by atoms with E-state index in [2.05, 4.69) is 10.8 Å². The number of fused-ring (bicyclic) bond motifs is 2. The maximum Gasteiger partial charge on any atom is 0.410 e. The smallest absolute Gasteiger partial charge is 0.410 e. The third-order valence-corrected chi connectivity index (χ3v) is 5.94. The van der Waals surface area contributed by atoms with E-state index in [0.717, 1.165) is 24.8 Å². The van der Waals surface area contributed by atoms with Gasteiger partial charge < -0.3 is 9.64 Å².